The second kappa shape index (κ2) is 7.71. The molecular formula is C20H28N2O3S. The smallest absolute Gasteiger partial charge is 0.230 e. The first-order chi connectivity index (χ1) is 12.3. The molecule has 26 heavy (non-hydrogen) atoms. The molecular weight excluding hydrogens is 348 g/mol. The van der Waals surface area contributed by atoms with Gasteiger partial charge in [-0.25, -0.2) is 0 Å². The molecule has 1 aromatic carbocycles. The van der Waals surface area contributed by atoms with Crippen LogP contribution in [0.2, 0.25) is 0 Å². The van der Waals surface area contributed by atoms with Gasteiger partial charge in [0.05, 0.1) is 5.71 Å². The van der Waals surface area contributed by atoms with Crippen LogP contribution in [0.15, 0.2) is 22.6 Å². The molecule has 1 amide bonds. The maximum atomic E-state index is 12.8. The van der Waals surface area contributed by atoms with E-state index in [4.69, 9.17) is 4.74 Å². The number of benzene rings is 1. The Bertz CT molecular complexity index is 705. The minimum atomic E-state index is -1.27. The van der Waals surface area contributed by atoms with Crippen molar-refractivity contribution in [1.29, 1.82) is 0 Å². The average molecular weight is 377 g/mol. The van der Waals surface area contributed by atoms with Gasteiger partial charge in [-0.05, 0) is 64.7 Å². The Hall–Kier alpha value is -1.37. The van der Waals surface area contributed by atoms with Gasteiger partial charge in [-0.2, -0.15) is 0 Å². The lowest BCUT2D eigenvalue weighted by Gasteiger charge is -2.26. The molecule has 0 saturated carbocycles. The van der Waals surface area contributed by atoms with Crippen molar-refractivity contribution >= 4 is 28.7 Å². The molecule has 1 unspecified atom stereocenters. The Kier molecular flexibility index (Phi) is 5.75. The maximum absolute atomic E-state index is 12.8. The Labute approximate surface area is 159 Å². The van der Waals surface area contributed by atoms with E-state index in [1.807, 2.05) is 44.7 Å². The molecule has 2 heterocycles. The van der Waals surface area contributed by atoms with E-state index < -0.39 is 11.4 Å². The van der Waals surface area contributed by atoms with E-state index in [0.29, 0.717) is 13.2 Å². The van der Waals surface area contributed by atoms with Crippen molar-refractivity contribution in [1.82, 2.24) is 0 Å². The fourth-order valence-electron chi connectivity index (χ4n) is 3.33. The molecule has 0 aliphatic carbocycles. The highest BCUT2D eigenvalue weighted by molar-refractivity contribution is 7.91. The zero-order valence-electron chi connectivity index (χ0n) is 16.1. The molecule has 1 aromatic rings. The van der Waals surface area contributed by atoms with Crippen LogP contribution in [0.5, 0.6) is 0 Å². The standard InChI is InChI=1S/C20H28N2O3S/c1-14(21-26(24)20(2,3)4)16-5-6-18-17(13-16)7-10-22(18)19(23)15-8-11-25-12-9-15/h5-6,13,15H,7-12H2,1-4H3. The number of ether oxygens (including phenoxy) is 1. The van der Waals surface area contributed by atoms with Crippen molar-refractivity contribution in [2.75, 3.05) is 24.7 Å². The Balaban J connectivity index is 1.78. The summed E-state index contributed by atoms with van der Waals surface area (Å²) in [5.41, 5.74) is 3.92. The zero-order valence-corrected chi connectivity index (χ0v) is 16.9. The molecule has 1 saturated heterocycles. The Morgan fingerprint density at radius 2 is 2.00 bits per heavy atom. The minimum Gasteiger partial charge on any atom is -0.591 e. The van der Waals surface area contributed by atoms with Gasteiger partial charge in [0.2, 0.25) is 5.91 Å². The molecule has 0 bridgehead atoms. The number of amides is 1. The molecule has 2 aliphatic heterocycles. The minimum absolute atomic E-state index is 0.0758. The van der Waals surface area contributed by atoms with Crippen molar-refractivity contribution in [3.05, 3.63) is 29.3 Å². The number of carbonyl (C=O) groups excluding carboxylic acids is 1. The predicted octanol–water partition coefficient (Wildman–Crippen LogP) is 3.27. The summed E-state index contributed by atoms with van der Waals surface area (Å²) in [6.07, 6.45) is 2.48. The molecule has 0 radical (unpaired) electrons. The van der Waals surface area contributed by atoms with Gasteiger partial charge < -0.3 is 14.2 Å². The highest BCUT2D eigenvalue weighted by atomic mass is 32.2. The Morgan fingerprint density at radius 1 is 1.31 bits per heavy atom. The van der Waals surface area contributed by atoms with E-state index in [1.54, 1.807) is 0 Å². The summed E-state index contributed by atoms with van der Waals surface area (Å²) in [6.45, 7) is 9.74. The van der Waals surface area contributed by atoms with E-state index >= 15 is 0 Å². The van der Waals surface area contributed by atoms with Gasteiger partial charge in [0.25, 0.3) is 0 Å². The van der Waals surface area contributed by atoms with Gasteiger partial charge in [-0.1, -0.05) is 10.5 Å². The molecule has 0 spiro atoms. The molecule has 3 rings (SSSR count). The van der Waals surface area contributed by atoms with E-state index in [-0.39, 0.29) is 16.6 Å². The summed E-state index contributed by atoms with van der Waals surface area (Å²) in [6, 6.07) is 6.08. The first-order valence-electron chi connectivity index (χ1n) is 9.27. The lowest BCUT2D eigenvalue weighted by atomic mass is 9.98. The molecule has 1 fully saturated rings. The average Bonchev–Trinajstić information content (AvgIpc) is 3.04. The third-order valence-electron chi connectivity index (χ3n) is 4.97. The molecule has 2 aliphatic rings. The van der Waals surface area contributed by atoms with Crippen molar-refractivity contribution in [3.63, 3.8) is 0 Å². The van der Waals surface area contributed by atoms with Crippen LogP contribution < -0.4 is 4.90 Å². The summed E-state index contributed by atoms with van der Waals surface area (Å²) < 4.78 is 21.6. The van der Waals surface area contributed by atoms with Crippen LogP contribution in [0.25, 0.3) is 0 Å². The molecule has 1 atom stereocenters. The van der Waals surface area contributed by atoms with Crippen LogP contribution in [0.4, 0.5) is 5.69 Å². The summed E-state index contributed by atoms with van der Waals surface area (Å²) in [7, 11) is 0. The number of carbonyl (C=O) groups is 1. The van der Waals surface area contributed by atoms with Crippen LogP contribution in [0.3, 0.4) is 0 Å². The highest BCUT2D eigenvalue weighted by Crippen LogP contribution is 2.32. The third kappa shape index (κ3) is 4.13. The summed E-state index contributed by atoms with van der Waals surface area (Å²) in [5.74, 6) is 0.297. The van der Waals surface area contributed by atoms with E-state index in [2.05, 4.69) is 10.5 Å². The molecule has 142 valence electrons. The van der Waals surface area contributed by atoms with E-state index in [0.717, 1.165) is 42.8 Å². The topological polar surface area (TPSA) is 65.0 Å². The normalized spacial score (nSPS) is 20.2. The first-order valence-corrected chi connectivity index (χ1v) is 10.4. The van der Waals surface area contributed by atoms with Gasteiger partial charge in [-0.3, -0.25) is 4.79 Å². The van der Waals surface area contributed by atoms with Crippen LogP contribution in [-0.2, 0) is 27.3 Å². The van der Waals surface area contributed by atoms with Gasteiger partial charge in [0.15, 0.2) is 0 Å². The van der Waals surface area contributed by atoms with Crippen molar-refractivity contribution < 1.29 is 14.1 Å². The second-order valence-corrected chi connectivity index (χ2v) is 9.91. The van der Waals surface area contributed by atoms with Gasteiger partial charge >= 0.3 is 0 Å². The van der Waals surface area contributed by atoms with Crippen molar-refractivity contribution in [3.8, 4) is 0 Å². The van der Waals surface area contributed by atoms with Crippen molar-refractivity contribution in [2.24, 2.45) is 10.3 Å². The predicted molar refractivity (Wildman–Crippen MR) is 106 cm³/mol. The van der Waals surface area contributed by atoms with Crippen LogP contribution in [-0.4, -0.2) is 40.7 Å². The van der Waals surface area contributed by atoms with Crippen LogP contribution in [0.1, 0.15) is 51.7 Å². The van der Waals surface area contributed by atoms with E-state index in [9.17, 15) is 9.35 Å². The fourth-order valence-corrected chi connectivity index (χ4v) is 3.96. The number of hydrogen-bond acceptors (Lipinski definition) is 4. The zero-order chi connectivity index (χ0) is 18.9. The Morgan fingerprint density at radius 3 is 2.65 bits per heavy atom. The monoisotopic (exact) mass is 376 g/mol. The summed E-state index contributed by atoms with van der Waals surface area (Å²) >= 11 is -1.27. The largest absolute Gasteiger partial charge is 0.591 e. The van der Waals surface area contributed by atoms with Crippen molar-refractivity contribution in [2.45, 2.75) is 51.7 Å². The molecule has 0 N–H and O–H groups in total. The van der Waals surface area contributed by atoms with Crippen LogP contribution >= 0.6 is 0 Å². The molecule has 6 heteroatoms. The lowest BCUT2D eigenvalue weighted by Crippen LogP contribution is -2.37. The fraction of sp³-hybridized carbons (Fsp3) is 0.600. The highest BCUT2D eigenvalue weighted by Gasteiger charge is 2.32. The number of anilines is 1. The second-order valence-electron chi connectivity index (χ2n) is 8.01. The number of fused-ring (bicyclic) bond motifs is 1. The first kappa shape index (κ1) is 19.4. The molecule has 0 aromatic heterocycles. The molecule has 5 nitrogen and oxygen atoms in total. The van der Waals surface area contributed by atoms with Gasteiger partial charge in [-0.15, -0.1) is 0 Å². The third-order valence-corrected chi connectivity index (χ3v) is 6.46. The number of nitrogens with zero attached hydrogens (tertiary/aromatic N) is 2. The number of rotatable bonds is 3. The SMILES string of the molecule is CC(=N[S+]([O-])C(C)(C)C)c1ccc2c(c1)CCN2C(=O)C1CCOCC1. The van der Waals surface area contributed by atoms with Gasteiger partial charge in [0, 0.05) is 36.9 Å². The number of hydrogen-bond donors (Lipinski definition) is 0. The maximum Gasteiger partial charge on any atom is 0.230 e. The van der Waals surface area contributed by atoms with Gasteiger partial charge in [0.1, 0.15) is 16.1 Å². The summed E-state index contributed by atoms with van der Waals surface area (Å²) in [4.78, 5) is 14.8. The lowest BCUT2D eigenvalue weighted by molar-refractivity contribution is -0.125. The van der Waals surface area contributed by atoms with Crippen LogP contribution in [0, 0.1) is 5.92 Å². The quantitative estimate of drug-likeness (QED) is 0.601. The van der Waals surface area contributed by atoms with E-state index in [1.165, 1.54) is 5.56 Å². The summed E-state index contributed by atoms with van der Waals surface area (Å²) in [5, 5.41) is 0.